The average molecular weight is 316 g/mol. The molecule has 0 atom stereocenters. The van der Waals surface area contributed by atoms with Crippen molar-refractivity contribution < 1.29 is 0 Å². The van der Waals surface area contributed by atoms with Gasteiger partial charge in [0, 0.05) is 0 Å². The maximum atomic E-state index is 2.36. The van der Waals surface area contributed by atoms with Crippen molar-refractivity contribution in [3.8, 4) is 0 Å². The van der Waals surface area contributed by atoms with Crippen LogP contribution in [0.2, 0.25) is 0 Å². The van der Waals surface area contributed by atoms with Crippen LogP contribution in [0.1, 0.15) is 22.3 Å². The molecule has 0 aliphatic carbocycles. The first-order valence-corrected chi connectivity index (χ1v) is 9.65. The van der Waals surface area contributed by atoms with Crippen LogP contribution in [0.5, 0.6) is 0 Å². The minimum Gasteiger partial charge on any atom is -0.0624 e. The standard InChI is InChI=1S/C22H23Si/c1-16-15-17(2)22(19(4)18(16)3)23(20-11-7-5-8-12-20)21-13-9-6-10-14-21/h5-15H,1-4H3. The van der Waals surface area contributed by atoms with Gasteiger partial charge in [-0.1, -0.05) is 82.7 Å². The third kappa shape index (κ3) is 3.02. The summed E-state index contributed by atoms with van der Waals surface area (Å²) in [5, 5.41) is 4.46. The highest BCUT2D eigenvalue weighted by Crippen LogP contribution is 2.14. The normalized spacial score (nSPS) is 11.0. The summed E-state index contributed by atoms with van der Waals surface area (Å²) in [7, 11) is -0.976. The molecule has 0 bridgehead atoms. The Balaban J connectivity index is 2.28. The molecule has 3 aromatic carbocycles. The largest absolute Gasteiger partial charge is 0.155 e. The lowest BCUT2D eigenvalue weighted by atomic mass is 10.0. The van der Waals surface area contributed by atoms with E-state index in [9.17, 15) is 0 Å². The number of aryl methyl sites for hydroxylation is 2. The molecule has 0 N–H and O–H groups in total. The molecule has 0 saturated carbocycles. The zero-order chi connectivity index (χ0) is 16.4. The molecule has 0 fully saturated rings. The van der Waals surface area contributed by atoms with E-state index in [2.05, 4.69) is 94.4 Å². The fourth-order valence-electron chi connectivity index (χ4n) is 3.33. The van der Waals surface area contributed by atoms with Gasteiger partial charge < -0.3 is 0 Å². The highest BCUT2D eigenvalue weighted by molar-refractivity contribution is 6.96. The van der Waals surface area contributed by atoms with Crippen molar-refractivity contribution in [3.63, 3.8) is 0 Å². The number of rotatable bonds is 3. The Kier molecular flexibility index (Phi) is 4.49. The van der Waals surface area contributed by atoms with Crippen molar-refractivity contribution in [2.75, 3.05) is 0 Å². The zero-order valence-electron chi connectivity index (χ0n) is 14.4. The zero-order valence-corrected chi connectivity index (χ0v) is 15.4. The topological polar surface area (TPSA) is 0 Å². The van der Waals surface area contributed by atoms with Crippen LogP contribution in [0, 0.1) is 27.7 Å². The second kappa shape index (κ2) is 6.55. The summed E-state index contributed by atoms with van der Waals surface area (Å²) in [5.74, 6) is 0. The molecule has 0 spiro atoms. The minimum atomic E-state index is -0.976. The molecule has 0 aromatic heterocycles. The van der Waals surface area contributed by atoms with E-state index in [1.165, 1.54) is 32.6 Å². The van der Waals surface area contributed by atoms with E-state index in [4.69, 9.17) is 0 Å². The van der Waals surface area contributed by atoms with Crippen LogP contribution in [0.15, 0.2) is 66.7 Å². The Hall–Kier alpha value is -2.12. The highest BCUT2D eigenvalue weighted by Gasteiger charge is 2.24. The van der Waals surface area contributed by atoms with Gasteiger partial charge >= 0.3 is 0 Å². The molecule has 3 aromatic rings. The maximum Gasteiger partial charge on any atom is 0.155 e. The molecule has 1 heteroatoms. The van der Waals surface area contributed by atoms with Gasteiger partial charge in [0.1, 0.15) is 0 Å². The first-order valence-electron chi connectivity index (χ1n) is 8.15. The van der Waals surface area contributed by atoms with Crippen LogP contribution in [0.25, 0.3) is 0 Å². The van der Waals surface area contributed by atoms with E-state index in [1.807, 2.05) is 0 Å². The molecular weight excluding hydrogens is 292 g/mol. The quantitative estimate of drug-likeness (QED) is 0.513. The summed E-state index contributed by atoms with van der Waals surface area (Å²) < 4.78 is 0. The van der Waals surface area contributed by atoms with Crippen LogP contribution in [0.3, 0.4) is 0 Å². The third-order valence-corrected chi connectivity index (χ3v) is 7.82. The van der Waals surface area contributed by atoms with E-state index in [-0.39, 0.29) is 0 Å². The SMILES string of the molecule is Cc1cc(C)c([Si](c2ccccc2)c2ccccc2)c(C)c1C. The molecule has 0 aliphatic rings. The van der Waals surface area contributed by atoms with Crippen LogP contribution in [0.4, 0.5) is 0 Å². The first-order chi connectivity index (χ1) is 11.1. The summed E-state index contributed by atoms with van der Waals surface area (Å²) in [4.78, 5) is 0. The molecule has 0 nitrogen and oxygen atoms in total. The van der Waals surface area contributed by atoms with Crippen LogP contribution in [-0.2, 0) is 0 Å². The van der Waals surface area contributed by atoms with Gasteiger partial charge in [-0.25, -0.2) is 0 Å². The Morgan fingerprint density at radius 3 is 1.52 bits per heavy atom. The van der Waals surface area contributed by atoms with Gasteiger partial charge in [-0.3, -0.25) is 0 Å². The average Bonchev–Trinajstić information content (AvgIpc) is 2.58. The smallest absolute Gasteiger partial charge is 0.0624 e. The Labute approximate surface area is 141 Å². The van der Waals surface area contributed by atoms with Crippen molar-refractivity contribution in [1.29, 1.82) is 0 Å². The molecule has 0 unspecified atom stereocenters. The molecule has 3 rings (SSSR count). The van der Waals surface area contributed by atoms with Gasteiger partial charge in [0.15, 0.2) is 8.80 Å². The summed E-state index contributed by atoms with van der Waals surface area (Å²) in [6, 6.07) is 24.4. The second-order valence-electron chi connectivity index (χ2n) is 6.24. The lowest BCUT2D eigenvalue weighted by molar-refractivity contribution is 1.25. The Bertz CT molecular complexity index is 765. The van der Waals surface area contributed by atoms with Crippen molar-refractivity contribution >= 4 is 24.4 Å². The molecule has 1 radical (unpaired) electrons. The fraction of sp³-hybridized carbons (Fsp3) is 0.182. The van der Waals surface area contributed by atoms with Crippen molar-refractivity contribution in [2.45, 2.75) is 27.7 Å². The maximum absolute atomic E-state index is 2.36. The van der Waals surface area contributed by atoms with Gasteiger partial charge in [0.2, 0.25) is 0 Å². The van der Waals surface area contributed by atoms with Gasteiger partial charge in [-0.05, 0) is 49.6 Å². The first kappa shape index (κ1) is 15.8. The van der Waals surface area contributed by atoms with Crippen molar-refractivity contribution in [1.82, 2.24) is 0 Å². The summed E-state index contributed by atoms with van der Waals surface area (Å²) in [5.41, 5.74) is 5.71. The molecular formula is C22H23Si. The summed E-state index contributed by atoms with van der Waals surface area (Å²) in [6.45, 7) is 9.03. The molecule has 23 heavy (non-hydrogen) atoms. The monoisotopic (exact) mass is 315 g/mol. The van der Waals surface area contributed by atoms with Crippen LogP contribution < -0.4 is 15.6 Å². The van der Waals surface area contributed by atoms with Gasteiger partial charge in [-0.15, -0.1) is 0 Å². The molecule has 0 saturated heterocycles. The Morgan fingerprint density at radius 1 is 0.565 bits per heavy atom. The van der Waals surface area contributed by atoms with Crippen molar-refractivity contribution in [2.24, 2.45) is 0 Å². The van der Waals surface area contributed by atoms with Crippen LogP contribution in [-0.4, -0.2) is 8.80 Å². The number of benzene rings is 3. The van der Waals surface area contributed by atoms with Gasteiger partial charge in [-0.2, -0.15) is 0 Å². The molecule has 115 valence electrons. The van der Waals surface area contributed by atoms with E-state index in [0.717, 1.165) is 0 Å². The lowest BCUT2D eigenvalue weighted by Gasteiger charge is -2.23. The Morgan fingerprint density at radius 2 is 1.04 bits per heavy atom. The van der Waals surface area contributed by atoms with Gasteiger partial charge in [0.05, 0.1) is 0 Å². The van der Waals surface area contributed by atoms with E-state index < -0.39 is 8.80 Å². The van der Waals surface area contributed by atoms with E-state index in [1.54, 1.807) is 5.19 Å². The van der Waals surface area contributed by atoms with Gasteiger partial charge in [0.25, 0.3) is 0 Å². The van der Waals surface area contributed by atoms with E-state index >= 15 is 0 Å². The molecule has 0 aliphatic heterocycles. The lowest BCUT2D eigenvalue weighted by Crippen LogP contribution is -2.54. The second-order valence-corrected chi connectivity index (χ2v) is 8.65. The predicted octanol–water partition coefficient (Wildman–Crippen LogP) is 3.44. The molecule has 0 heterocycles. The highest BCUT2D eigenvalue weighted by atomic mass is 28.3. The fourth-order valence-corrected chi connectivity index (χ4v) is 6.33. The summed E-state index contributed by atoms with van der Waals surface area (Å²) >= 11 is 0. The number of hydrogen-bond donors (Lipinski definition) is 0. The van der Waals surface area contributed by atoms with Crippen molar-refractivity contribution in [3.05, 3.63) is 89.0 Å². The van der Waals surface area contributed by atoms with E-state index in [0.29, 0.717) is 0 Å². The number of hydrogen-bond acceptors (Lipinski definition) is 0. The minimum absolute atomic E-state index is 0.976. The third-order valence-electron chi connectivity index (χ3n) is 4.73. The molecule has 0 amide bonds. The summed E-state index contributed by atoms with van der Waals surface area (Å²) in [6.07, 6.45) is 0. The van der Waals surface area contributed by atoms with Crippen LogP contribution >= 0.6 is 0 Å². The predicted molar refractivity (Wildman–Crippen MR) is 103 cm³/mol.